The third-order valence-electron chi connectivity index (χ3n) is 3.22. The highest BCUT2D eigenvalue weighted by Crippen LogP contribution is 2.29. The molecule has 1 aliphatic rings. The van der Waals surface area contributed by atoms with Gasteiger partial charge in [-0.15, -0.1) is 11.3 Å². The zero-order valence-electron chi connectivity index (χ0n) is 11.1. The predicted octanol–water partition coefficient (Wildman–Crippen LogP) is 1.85. The van der Waals surface area contributed by atoms with Gasteiger partial charge in [-0.3, -0.25) is 4.79 Å². The number of hydrogen-bond donors (Lipinski definition) is 1. The molecule has 2 rings (SSSR count). The first-order valence-corrected chi connectivity index (χ1v) is 7.32. The second kappa shape index (κ2) is 5.69. The van der Waals surface area contributed by atoms with Crippen molar-refractivity contribution >= 4 is 23.2 Å². The van der Waals surface area contributed by atoms with Crippen LogP contribution >= 0.6 is 11.3 Å². The van der Waals surface area contributed by atoms with Gasteiger partial charge in [0.1, 0.15) is 6.04 Å². The molecule has 1 saturated carbocycles. The van der Waals surface area contributed by atoms with Crippen LogP contribution in [0.25, 0.3) is 0 Å². The topological polar surface area (TPSA) is 70.5 Å². The largest absolute Gasteiger partial charge is 0.480 e. The van der Waals surface area contributed by atoms with Crippen molar-refractivity contribution in [3.63, 3.8) is 0 Å². The van der Waals surface area contributed by atoms with Crippen LogP contribution in [0.15, 0.2) is 5.38 Å². The fourth-order valence-electron chi connectivity index (χ4n) is 2.07. The first kappa shape index (κ1) is 14.0. The van der Waals surface area contributed by atoms with E-state index in [1.54, 1.807) is 18.3 Å². The van der Waals surface area contributed by atoms with Crippen LogP contribution in [0.3, 0.4) is 0 Å². The molecule has 1 aromatic heterocycles. The lowest BCUT2D eigenvalue weighted by atomic mass is 10.2. The average Bonchev–Trinajstić information content (AvgIpc) is 3.09. The van der Waals surface area contributed by atoms with E-state index in [0.717, 1.165) is 23.5 Å². The summed E-state index contributed by atoms with van der Waals surface area (Å²) >= 11 is 1.54. The second-order valence-corrected chi connectivity index (χ2v) is 5.87. The molecular formula is C13H18N2O3S. The minimum Gasteiger partial charge on any atom is -0.480 e. The van der Waals surface area contributed by atoms with Crippen LogP contribution in [0, 0.1) is 6.92 Å². The molecule has 1 fully saturated rings. The molecule has 0 spiro atoms. The van der Waals surface area contributed by atoms with E-state index in [9.17, 15) is 9.59 Å². The molecule has 1 aliphatic carbocycles. The number of carbonyl (C=O) groups is 2. The zero-order chi connectivity index (χ0) is 14.0. The zero-order valence-corrected chi connectivity index (χ0v) is 11.9. The number of nitrogens with zero attached hydrogens (tertiary/aromatic N) is 2. The maximum absolute atomic E-state index is 12.2. The van der Waals surface area contributed by atoms with Gasteiger partial charge >= 0.3 is 5.97 Å². The first-order chi connectivity index (χ1) is 8.99. The number of aliphatic carboxylic acids is 1. The number of carboxylic acids is 1. The van der Waals surface area contributed by atoms with Gasteiger partial charge in [0.25, 0.3) is 0 Å². The summed E-state index contributed by atoms with van der Waals surface area (Å²) in [5.41, 5.74) is 0.963. The molecular weight excluding hydrogens is 264 g/mol. The molecule has 0 radical (unpaired) electrons. The fraction of sp³-hybridized carbons (Fsp3) is 0.615. The molecule has 1 atom stereocenters. The van der Waals surface area contributed by atoms with E-state index >= 15 is 0 Å². The molecule has 0 bridgehead atoms. The van der Waals surface area contributed by atoms with E-state index in [0.29, 0.717) is 12.8 Å². The smallest absolute Gasteiger partial charge is 0.326 e. The Morgan fingerprint density at radius 3 is 2.74 bits per heavy atom. The Hall–Kier alpha value is -1.43. The van der Waals surface area contributed by atoms with Crippen LogP contribution in [0.2, 0.25) is 0 Å². The molecule has 0 saturated heterocycles. The standard InChI is InChI=1S/C13H18N2O3S/c1-8-7-19-11(14-8)5-6-12(16)15(10-3-4-10)9(2)13(17)18/h7,9-10H,3-6H2,1-2H3,(H,17,18). The molecule has 0 aromatic carbocycles. The van der Waals surface area contributed by atoms with E-state index in [4.69, 9.17) is 5.11 Å². The van der Waals surface area contributed by atoms with Gasteiger partial charge < -0.3 is 10.0 Å². The number of amides is 1. The average molecular weight is 282 g/mol. The van der Waals surface area contributed by atoms with Crippen molar-refractivity contribution in [2.75, 3.05) is 0 Å². The van der Waals surface area contributed by atoms with E-state index in [2.05, 4.69) is 4.98 Å². The van der Waals surface area contributed by atoms with Crippen molar-refractivity contribution in [2.24, 2.45) is 0 Å². The first-order valence-electron chi connectivity index (χ1n) is 6.44. The second-order valence-electron chi connectivity index (χ2n) is 4.93. The predicted molar refractivity (Wildman–Crippen MR) is 72.1 cm³/mol. The molecule has 5 nitrogen and oxygen atoms in total. The summed E-state index contributed by atoms with van der Waals surface area (Å²) in [6.07, 6.45) is 2.76. The van der Waals surface area contributed by atoms with Crippen molar-refractivity contribution in [3.8, 4) is 0 Å². The highest BCUT2D eigenvalue weighted by Gasteiger charge is 2.37. The van der Waals surface area contributed by atoms with Gasteiger partial charge in [-0.2, -0.15) is 0 Å². The lowest BCUT2D eigenvalue weighted by Gasteiger charge is -2.26. The highest BCUT2D eigenvalue weighted by atomic mass is 32.1. The van der Waals surface area contributed by atoms with Crippen molar-refractivity contribution in [2.45, 2.75) is 51.6 Å². The number of thiazole rings is 1. The van der Waals surface area contributed by atoms with Crippen LogP contribution in [0.4, 0.5) is 0 Å². The maximum atomic E-state index is 12.2. The Morgan fingerprint density at radius 1 is 1.58 bits per heavy atom. The third-order valence-corrected chi connectivity index (χ3v) is 4.25. The van der Waals surface area contributed by atoms with E-state index in [1.807, 2.05) is 12.3 Å². The van der Waals surface area contributed by atoms with Crippen LogP contribution in [-0.2, 0) is 16.0 Å². The SMILES string of the molecule is Cc1csc(CCC(=O)N(C2CC2)C(C)C(=O)O)n1. The summed E-state index contributed by atoms with van der Waals surface area (Å²) in [6, 6.07) is -0.616. The van der Waals surface area contributed by atoms with Gasteiger partial charge in [-0.05, 0) is 26.7 Å². The molecule has 1 heterocycles. The number of rotatable bonds is 6. The minimum absolute atomic E-state index is 0.0785. The minimum atomic E-state index is -0.939. The Morgan fingerprint density at radius 2 is 2.26 bits per heavy atom. The number of hydrogen-bond acceptors (Lipinski definition) is 4. The van der Waals surface area contributed by atoms with Crippen LogP contribution in [-0.4, -0.2) is 39.0 Å². The Bertz CT molecular complexity index is 482. The molecule has 1 N–H and O–H groups in total. The van der Waals surface area contributed by atoms with Gasteiger partial charge in [-0.25, -0.2) is 9.78 Å². The molecule has 19 heavy (non-hydrogen) atoms. The summed E-state index contributed by atoms with van der Waals surface area (Å²) in [6.45, 7) is 3.50. The van der Waals surface area contributed by atoms with Gasteiger partial charge in [0, 0.05) is 30.0 Å². The van der Waals surface area contributed by atoms with Crippen LogP contribution in [0.5, 0.6) is 0 Å². The number of carboxylic acid groups (broad SMARTS) is 1. The number of aromatic nitrogens is 1. The summed E-state index contributed by atoms with van der Waals surface area (Å²) in [5.74, 6) is -1.02. The van der Waals surface area contributed by atoms with Gasteiger partial charge in [0.05, 0.1) is 5.01 Å². The molecule has 6 heteroatoms. The quantitative estimate of drug-likeness (QED) is 0.864. The fourth-order valence-corrected chi connectivity index (χ4v) is 2.84. The van der Waals surface area contributed by atoms with Gasteiger partial charge in [0.15, 0.2) is 0 Å². The van der Waals surface area contributed by atoms with E-state index in [1.165, 1.54) is 4.90 Å². The number of aryl methyl sites for hydroxylation is 2. The van der Waals surface area contributed by atoms with Crippen molar-refractivity contribution in [1.82, 2.24) is 9.88 Å². The summed E-state index contributed by atoms with van der Waals surface area (Å²) in [4.78, 5) is 29.1. The Labute approximate surface area is 116 Å². The van der Waals surface area contributed by atoms with Crippen LogP contribution in [0.1, 0.15) is 36.9 Å². The van der Waals surface area contributed by atoms with E-state index < -0.39 is 12.0 Å². The Balaban J connectivity index is 1.94. The van der Waals surface area contributed by atoms with E-state index in [-0.39, 0.29) is 11.9 Å². The van der Waals surface area contributed by atoms with Gasteiger partial charge in [0.2, 0.25) is 5.91 Å². The summed E-state index contributed by atoms with van der Waals surface area (Å²) in [5, 5.41) is 12.0. The molecule has 1 amide bonds. The lowest BCUT2D eigenvalue weighted by molar-refractivity contribution is -0.150. The molecule has 1 unspecified atom stereocenters. The number of carbonyl (C=O) groups excluding carboxylic acids is 1. The monoisotopic (exact) mass is 282 g/mol. The lowest BCUT2D eigenvalue weighted by Crippen LogP contribution is -2.44. The normalized spacial score (nSPS) is 16.1. The van der Waals surface area contributed by atoms with Gasteiger partial charge in [-0.1, -0.05) is 0 Å². The van der Waals surface area contributed by atoms with Crippen molar-refractivity contribution in [1.29, 1.82) is 0 Å². The molecule has 0 aliphatic heterocycles. The summed E-state index contributed by atoms with van der Waals surface area (Å²) in [7, 11) is 0. The van der Waals surface area contributed by atoms with Crippen molar-refractivity contribution < 1.29 is 14.7 Å². The summed E-state index contributed by atoms with van der Waals surface area (Å²) < 4.78 is 0. The van der Waals surface area contributed by atoms with Crippen molar-refractivity contribution in [3.05, 3.63) is 16.1 Å². The molecule has 104 valence electrons. The third kappa shape index (κ3) is 3.53. The Kier molecular flexibility index (Phi) is 4.19. The highest BCUT2D eigenvalue weighted by molar-refractivity contribution is 7.09. The maximum Gasteiger partial charge on any atom is 0.326 e. The molecule has 1 aromatic rings. The van der Waals surface area contributed by atoms with Crippen LogP contribution < -0.4 is 0 Å².